The van der Waals surface area contributed by atoms with Crippen LogP contribution in [0.1, 0.15) is 43.5 Å². The molecule has 2 rings (SSSR count). The second-order valence-electron chi connectivity index (χ2n) is 4.47. The van der Waals surface area contributed by atoms with Gasteiger partial charge in [0.25, 0.3) is 0 Å². The molecule has 0 aliphatic heterocycles. The van der Waals surface area contributed by atoms with Gasteiger partial charge in [-0.2, -0.15) is 4.98 Å². The van der Waals surface area contributed by atoms with Gasteiger partial charge in [-0.15, -0.1) is 0 Å². The summed E-state index contributed by atoms with van der Waals surface area (Å²) < 4.78 is 18.7. The van der Waals surface area contributed by atoms with Gasteiger partial charge in [0.2, 0.25) is 5.89 Å². The lowest BCUT2D eigenvalue weighted by atomic mass is 10.1. The zero-order valence-electron chi connectivity index (χ0n) is 11.2. The molecule has 106 valence electrons. The first-order chi connectivity index (χ1) is 9.52. The first-order valence-electron chi connectivity index (χ1n) is 6.31. The van der Waals surface area contributed by atoms with Crippen LogP contribution >= 0.6 is 11.6 Å². The van der Waals surface area contributed by atoms with Crippen LogP contribution in [-0.4, -0.2) is 15.9 Å². The molecule has 0 aliphatic carbocycles. The fourth-order valence-corrected chi connectivity index (χ4v) is 2.05. The van der Waals surface area contributed by atoms with Crippen molar-refractivity contribution >= 4 is 17.4 Å². The molecule has 0 spiro atoms. The minimum atomic E-state index is -0.447. The van der Waals surface area contributed by atoms with Gasteiger partial charge in [-0.05, 0) is 19.1 Å². The van der Waals surface area contributed by atoms with Crippen molar-refractivity contribution in [2.45, 2.75) is 32.6 Å². The highest BCUT2D eigenvalue weighted by Crippen LogP contribution is 2.22. The summed E-state index contributed by atoms with van der Waals surface area (Å²) in [6.07, 6.45) is 0.528. The van der Waals surface area contributed by atoms with Crippen molar-refractivity contribution in [1.29, 1.82) is 0 Å². The third-order valence-electron chi connectivity index (χ3n) is 3.08. The maximum atomic E-state index is 13.7. The van der Waals surface area contributed by atoms with Gasteiger partial charge in [0.05, 0.1) is 5.92 Å². The van der Waals surface area contributed by atoms with Gasteiger partial charge >= 0.3 is 0 Å². The van der Waals surface area contributed by atoms with Crippen molar-refractivity contribution in [3.8, 4) is 0 Å². The smallest absolute Gasteiger partial charge is 0.236 e. The number of benzene rings is 1. The van der Waals surface area contributed by atoms with Crippen LogP contribution in [0.4, 0.5) is 4.39 Å². The Balaban J connectivity index is 2.20. The van der Waals surface area contributed by atoms with Gasteiger partial charge in [0.15, 0.2) is 5.82 Å². The molecule has 1 heterocycles. The molecule has 0 bridgehead atoms. The maximum absolute atomic E-state index is 13.7. The predicted octanol–water partition coefficient (Wildman–Crippen LogP) is 3.54. The molecule has 0 saturated heterocycles. The highest BCUT2D eigenvalue weighted by Gasteiger charge is 2.21. The number of nitrogens with zero attached hydrogens (tertiary/aromatic N) is 2. The standard InChI is InChI=1S/C14H14ClFN2O2/c1-3-12(19)8(2)14-17-13(18-20-14)7-9-10(15)5-4-6-11(9)16/h4-6,8H,3,7H2,1-2H3. The average molecular weight is 297 g/mol. The molecule has 6 heteroatoms. The van der Waals surface area contributed by atoms with Gasteiger partial charge in [-0.1, -0.05) is 29.7 Å². The third kappa shape index (κ3) is 3.04. The molecule has 0 fully saturated rings. The van der Waals surface area contributed by atoms with Crippen LogP contribution in [0.5, 0.6) is 0 Å². The fraction of sp³-hybridized carbons (Fsp3) is 0.357. The Bertz CT molecular complexity index is 607. The molecular formula is C14H14ClFN2O2. The van der Waals surface area contributed by atoms with E-state index in [4.69, 9.17) is 16.1 Å². The van der Waals surface area contributed by atoms with Gasteiger partial charge in [0.1, 0.15) is 11.6 Å². The molecule has 1 atom stereocenters. The first-order valence-corrected chi connectivity index (χ1v) is 6.68. The number of halogens is 2. The minimum absolute atomic E-state index is 0.0177. The van der Waals surface area contributed by atoms with Gasteiger partial charge in [-0.25, -0.2) is 4.39 Å². The summed E-state index contributed by atoms with van der Waals surface area (Å²) in [6, 6.07) is 4.46. The number of aromatic nitrogens is 2. The molecule has 1 aromatic heterocycles. The summed E-state index contributed by atoms with van der Waals surface area (Å²) in [4.78, 5) is 15.7. The van der Waals surface area contributed by atoms with Crippen molar-refractivity contribution in [3.63, 3.8) is 0 Å². The molecule has 0 saturated carbocycles. The Morgan fingerprint density at radius 1 is 1.50 bits per heavy atom. The molecule has 20 heavy (non-hydrogen) atoms. The number of carbonyl (C=O) groups is 1. The van der Waals surface area contributed by atoms with E-state index < -0.39 is 11.7 Å². The van der Waals surface area contributed by atoms with E-state index in [1.54, 1.807) is 19.9 Å². The number of rotatable bonds is 5. The van der Waals surface area contributed by atoms with Crippen molar-refractivity contribution in [1.82, 2.24) is 10.1 Å². The van der Waals surface area contributed by atoms with Crippen LogP contribution in [0.25, 0.3) is 0 Å². The summed E-state index contributed by atoms with van der Waals surface area (Å²) in [6.45, 7) is 3.48. The van der Waals surface area contributed by atoms with Gasteiger partial charge in [-0.3, -0.25) is 4.79 Å². The summed E-state index contributed by atoms with van der Waals surface area (Å²) in [5.41, 5.74) is 0.316. The predicted molar refractivity (Wildman–Crippen MR) is 72.2 cm³/mol. The van der Waals surface area contributed by atoms with E-state index in [-0.39, 0.29) is 18.1 Å². The molecule has 0 radical (unpaired) electrons. The molecular weight excluding hydrogens is 283 g/mol. The second-order valence-corrected chi connectivity index (χ2v) is 4.87. The molecule has 0 N–H and O–H groups in total. The molecule has 2 aromatic rings. The van der Waals surface area contributed by atoms with E-state index >= 15 is 0 Å². The number of hydrogen-bond donors (Lipinski definition) is 0. The molecule has 1 unspecified atom stereocenters. The molecule has 1 aromatic carbocycles. The van der Waals surface area contributed by atoms with Crippen LogP contribution < -0.4 is 0 Å². The van der Waals surface area contributed by atoms with E-state index in [1.165, 1.54) is 12.1 Å². The van der Waals surface area contributed by atoms with E-state index in [0.717, 1.165) is 0 Å². The summed E-state index contributed by atoms with van der Waals surface area (Å²) in [5, 5.41) is 4.08. The Morgan fingerprint density at radius 3 is 2.90 bits per heavy atom. The lowest BCUT2D eigenvalue weighted by molar-refractivity contribution is -0.120. The third-order valence-corrected chi connectivity index (χ3v) is 3.44. The van der Waals surface area contributed by atoms with E-state index in [0.29, 0.717) is 22.8 Å². The van der Waals surface area contributed by atoms with Crippen molar-refractivity contribution in [2.24, 2.45) is 0 Å². The Kier molecular flexibility index (Phi) is 4.49. The molecule has 0 aliphatic rings. The first kappa shape index (κ1) is 14.7. The molecule has 0 amide bonds. The highest BCUT2D eigenvalue weighted by molar-refractivity contribution is 6.31. The van der Waals surface area contributed by atoms with Crippen molar-refractivity contribution < 1.29 is 13.7 Å². The summed E-state index contributed by atoms with van der Waals surface area (Å²) >= 11 is 5.94. The number of hydrogen-bond acceptors (Lipinski definition) is 4. The van der Waals surface area contributed by atoms with Gasteiger partial charge in [0, 0.05) is 23.4 Å². The fourth-order valence-electron chi connectivity index (χ4n) is 1.82. The minimum Gasteiger partial charge on any atom is -0.339 e. The van der Waals surface area contributed by atoms with Crippen LogP contribution in [0.3, 0.4) is 0 Å². The largest absolute Gasteiger partial charge is 0.339 e. The highest BCUT2D eigenvalue weighted by atomic mass is 35.5. The zero-order chi connectivity index (χ0) is 14.7. The maximum Gasteiger partial charge on any atom is 0.236 e. The SMILES string of the molecule is CCC(=O)C(C)c1nc(Cc2c(F)cccc2Cl)no1. The van der Waals surface area contributed by atoms with Crippen molar-refractivity contribution in [2.75, 3.05) is 0 Å². The second kappa shape index (κ2) is 6.13. The van der Waals surface area contributed by atoms with E-state index in [9.17, 15) is 9.18 Å². The zero-order valence-corrected chi connectivity index (χ0v) is 11.9. The number of Topliss-reactive ketones (excluding diaryl/α,β-unsaturated/α-hetero) is 1. The van der Waals surface area contributed by atoms with E-state index in [1.807, 2.05) is 0 Å². The Hall–Kier alpha value is -1.75. The number of carbonyl (C=O) groups excluding carboxylic acids is 1. The van der Waals surface area contributed by atoms with Gasteiger partial charge < -0.3 is 4.52 Å². The van der Waals surface area contributed by atoms with E-state index in [2.05, 4.69) is 10.1 Å². The summed E-state index contributed by atoms with van der Waals surface area (Å²) in [5.74, 6) is -0.287. The average Bonchev–Trinajstić information content (AvgIpc) is 2.90. The topological polar surface area (TPSA) is 56.0 Å². The quantitative estimate of drug-likeness (QED) is 0.847. The monoisotopic (exact) mass is 296 g/mol. The lowest BCUT2D eigenvalue weighted by Crippen LogP contribution is -2.08. The van der Waals surface area contributed by atoms with Crippen LogP contribution in [0.2, 0.25) is 5.02 Å². The van der Waals surface area contributed by atoms with Crippen LogP contribution in [0, 0.1) is 5.82 Å². The van der Waals surface area contributed by atoms with Crippen LogP contribution in [0.15, 0.2) is 22.7 Å². The van der Waals surface area contributed by atoms with Crippen LogP contribution in [-0.2, 0) is 11.2 Å². The Morgan fingerprint density at radius 2 is 2.25 bits per heavy atom. The summed E-state index contributed by atoms with van der Waals surface area (Å²) in [7, 11) is 0. The number of ketones is 1. The Labute approximate surface area is 120 Å². The van der Waals surface area contributed by atoms with Crippen molar-refractivity contribution in [3.05, 3.63) is 46.3 Å². The normalized spacial score (nSPS) is 12.4. The molecule has 4 nitrogen and oxygen atoms in total. The lowest BCUT2D eigenvalue weighted by Gasteiger charge is -2.02.